The van der Waals surface area contributed by atoms with Crippen molar-refractivity contribution in [3.05, 3.63) is 42.5 Å². The second-order valence-corrected chi connectivity index (χ2v) is 5.58. The number of rotatable bonds is 2. The molecule has 84 valence electrons. The third-order valence-corrected chi connectivity index (χ3v) is 3.25. The normalized spacial score (nSPS) is 11.6. The lowest BCUT2D eigenvalue weighted by molar-refractivity contribution is 0.607. The summed E-state index contributed by atoms with van der Waals surface area (Å²) in [6.07, 6.45) is 2.22. The molecule has 1 aromatic heterocycles. The smallest absolute Gasteiger partial charge is 0.237 e. The second-order valence-electron chi connectivity index (χ2n) is 3.01. The van der Waals surface area contributed by atoms with Gasteiger partial charge in [-0.3, -0.25) is 0 Å². The first kappa shape index (κ1) is 11.1. The quantitative estimate of drug-likeness (QED) is 0.776. The summed E-state index contributed by atoms with van der Waals surface area (Å²) in [6, 6.07) is 5.88. The van der Waals surface area contributed by atoms with E-state index in [1.807, 2.05) is 0 Å². The van der Waals surface area contributed by atoms with E-state index in [0.717, 1.165) is 17.1 Å². The molecule has 2 aromatic rings. The van der Waals surface area contributed by atoms with Crippen molar-refractivity contribution in [2.24, 2.45) is 0 Å². The topological polar surface area (TPSA) is 52.0 Å². The van der Waals surface area contributed by atoms with E-state index in [1.165, 1.54) is 18.2 Å². The molecule has 0 aliphatic carbocycles. The minimum Gasteiger partial charge on any atom is -0.237 e. The molecular weight excluding hydrogens is 255 g/mol. The predicted molar refractivity (Wildman–Crippen MR) is 56.6 cm³/mol. The van der Waals surface area contributed by atoms with Gasteiger partial charge in [-0.15, -0.1) is 0 Å². The molecule has 0 saturated carbocycles. The van der Waals surface area contributed by atoms with Gasteiger partial charge in [-0.2, -0.15) is 5.10 Å². The zero-order chi connectivity index (χ0) is 11.8. The maximum atomic E-state index is 13.3. The molecule has 0 spiro atoms. The maximum absolute atomic E-state index is 13.3. The third-order valence-electron chi connectivity index (χ3n) is 1.94. The van der Waals surface area contributed by atoms with Crippen molar-refractivity contribution < 1.29 is 12.8 Å². The minimum atomic E-state index is -3.84. The lowest BCUT2D eigenvalue weighted by Gasteiger charge is -2.01. The Balaban J connectivity index is 2.52. The summed E-state index contributed by atoms with van der Waals surface area (Å²) >= 11 is 0. The summed E-state index contributed by atoms with van der Waals surface area (Å²) in [6.45, 7) is 0. The number of hydrogen-bond acceptors (Lipinski definition) is 3. The highest BCUT2D eigenvalue weighted by Gasteiger charge is 2.14. The predicted octanol–water partition coefficient (Wildman–Crippen LogP) is 1.94. The van der Waals surface area contributed by atoms with Gasteiger partial charge in [0, 0.05) is 10.7 Å². The van der Waals surface area contributed by atoms with Crippen LogP contribution in [-0.2, 0) is 9.05 Å². The van der Waals surface area contributed by atoms with Crippen LogP contribution in [0.2, 0.25) is 0 Å². The summed E-state index contributed by atoms with van der Waals surface area (Å²) in [5.41, 5.74) is 0.161. The lowest BCUT2D eigenvalue weighted by Crippen LogP contribution is -1.97. The summed E-state index contributed by atoms with van der Waals surface area (Å²) in [5.74, 6) is -0.496. The van der Waals surface area contributed by atoms with Crippen LogP contribution in [0, 0.1) is 5.82 Å². The van der Waals surface area contributed by atoms with Crippen LogP contribution in [0.3, 0.4) is 0 Å². The Hall–Kier alpha value is -1.40. The summed E-state index contributed by atoms with van der Waals surface area (Å²) in [7, 11) is 1.29. The standard InChI is InChI=1S/C9H6ClFN2O2S/c10-16(14,15)7-5-12-13(6-7)9-4-2-1-3-8(9)11/h1-6H. The summed E-state index contributed by atoms with van der Waals surface area (Å²) in [4.78, 5) is -0.169. The van der Waals surface area contributed by atoms with Crippen LogP contribution in [0.4, 0.5) is 4.39 Å². The van der Waals surface area contributed by atoms with Crippen molar-refractivity contribution in [1.29, 1.82) is 0 Å². The lowest BCUT2D eigenvalue weighted by atomic mass is 10.3. The average Bonchev–Trinajstić information content (AvgIpc) is 2.66. The molecule has 0 aliphatic rings. The number of halogens is 2. The van der Waals surface area contributed by atoms with Crippen molar-refractivity contribution in [2.75, 3.05) is 0 Å². The fraction of sp³-hybridized carbons (Fsp3) is 0. The van der Waals surface area contributed by atoms with Crippen molar-refractivity contribution in [2.45, 2.75) is 4.90 Å². The van der Waals surface area contributed by atoms with Crippen molar-refractivity contribution in [3.8, 4) is 5.69 Å². The van der Waals surface area contributed by atoms with Gasteiger partial charge in [0.25, 0.3) is 9.05 Å². The number of para-hydroxylation sites is 1. The van der Waals surface area contributed by atoms with Crippen LogP contribution in [0.15, 0.2) is 41.6 Å². The molecule has 0 radical (unpaired) electrons. The Kier molecular flexibility index (Phi) is 2.69. The Bertz CT molecular complexity index is 624. The third kappa shape index (κ3) is 2.07. The van der Waals surface area contributed by atoms with E-state index in [4.69, 9.17) is 10.7 Å². The monoisotopic (exact) mass is 260 g/mol. The Labute approximate surface area is 95.7 Å². The molecule has 2 rings (SSSR count). The van der Waals surface area contributed by atoms with E-state index >= 15 is 0 Å². The molecule has 0 aliphatic heterocycles. The molecular formula is C9H6ClFN2O2S. The first-order chi connectivity index (χ1) is 7.48. The zero-order valence-corrected chi connectivity index (χ0v) is 9.41. The van der Waals surface area contributed by atoms with Crippen LogP contribution in [0.1, 0.15) is 0 Å². The van der Waals surface area contributed by atoms with Gasteiger partial charge in [-0.1, -0.05) is 12.1 Å². The highest BCUT2D eigenvalue weighted by atomic mass is 35.7. The molecule has 7 heteroatoms. The molecule has 1 heterocycles. The first-order valence-electron chi connectivity index (χ1n) is 4.23. The zero-order valence-electron chi connectivity index (χ0n) is 7.84. The van der Waals surface area contributed by atoms with Gasteiger partial charge in [0.2, 0.25) is 0 Å². The molecule has 0 N–H and O–H groups in total. The molecule has 0 amide bonds. The number of benzene rings is 1. The van der Waals surface area contributed by atoms with Gasteiger partial charge in [-0.05, 0) is 12.1 Å². The van der Waals surface area contributed by atoms with Gasteiger partial charge >= 0.3 is 0 Å². The van der Waals surface area contributed by atoms with E-state index in [-0.39, 0.29) is 10.6 Å². The largest absolute Gasteiger partial charge is 0.264 e. The molecule has 0 fully saturated rings. The second kappa shape index (κ2) is 3.88. The summed E-state index contributed by atoms with van der Waals surface area (Å²) in [5, 5.41) is 3.73. The molecule has 4 nitrogen and oxygen atoms in total. The van der Waals surface area contributed by atoms with E-state index in [2.05, 4.69) is 5.10 Å². The number of hydrogen-bond donors (Lipinski definition) is 0. The van der Waals surface area contributed by atoms with Gasteiger partial charge < -0.3 is 0 Å². The first-order valence-corrected chi connectivity index (χ1v) is 6.53. The maximum Gasteiger partial charge on any atom is 0.264 e. The van der Waals surface area contributed by atoms with Gasteiger partial charge in [0.1, 0.15) is 16.4 Å². The van der Waals surface area contributed by atoms with Crippen LogP contribution in [0.5, 0.6) is 0 Å². The average molecular weight is 261 g/mol. The molecule has 0 bridgehead atoms. The number of aromatic nitrogens is 2. The minimum absolute atomic E-state index is 0.161. The van der Waals surface area contributed by atoms with Crippen LogP contribution < -0.4 is 0 Å². The van der Waals surface area contributed by atoms with Crippen LogP contribution >= 0.6 is 10.7 Å². The van der Waals surface area contributed by atoms with E-state index in [0.29, 0.717) is 0 Å². The van der Waals surface area contributed by atoms with Crippen molar-refractivity contribution >= 4 is 19.7 Å². The Morgan fingerprint density at radius 3 is 2.56 bits per heavy atom. The molecule has 16 heavy (non-hydrogen) atoms. The molecule has 0 atom stereocenters. The van der Waals surface area contributed by atoms with E-state index in [9.17, 15) is 12.8 Å². The Morgan fingerprint density at radius 1 is 1.31 bits per heavy atom. The summed E-state index contributed by atoms with van der Waals surface area (Å²) < 4.78 is 36.4. The van der Waals surface area contributed by atoms with Crippen LogP contribution in [0.25, 0.3) is 5.69 Å². The molecule has 0 unspecified atom stereocenters. The fourth-order valence-electron chi connectivity index (χ4n) is 1.20. The molecule has 1 aromatic carbocycles. The van der Waals surface area contributed by atoms with Gasteiger partial charge in [0.15, 0.2) is 0 Å². The van der Waals surface area contributed by atoms with Crippen molar-refractivity contribution in [3.63, 3.8) is 0 Å². The van der Waals surface area contributed by atoms with Crippen LogP contribution in [-0.4, -0.2) is 18.2 Å². The van der Waals surface area contributed by atoms with Crippen molar-refractivity contribution in [1.82, 2.24) is 9.78 Å². The van der Waals surface area contributed by atoms with Gasteiger partial charge in [0.05, 0.1) is 12.4 Å². The fourth-order valence-corrected chi connectivity index (χ4v) is 1.84. The highest BCUT2D eigenvalue weighted by Crippen LogP contribution is 2.17. The van der Waals surface area contributed by atoms with E-state index < -0.39 is 14.9 Å². The Morgan fingerprint density at radius 2 is 2.00 bits per heavy atom. The highest BCUT2D eigenvalue weighted by molar-refractivity contribution is 8.13. The number of nitrogens with zero attached hydrogens (tertiary/aromatic N) is 2. The van der Waals surface area contributed by atoms with E-state index in [1.54, 1.807) is 6.07 Å². The van der Waals surface area contributed by atoms with Gasteiger partial charge in [-0.25, -0.2) is 17.5 Å². The molecule has 0 saturated heterocycles. The SMILES string of the molecule is O=S(=O)(Cl)c1cnn(-c2ccccc2F)c1.